The van der Waals surface area contributed by atoms with Crippen LogP contribution in [0, 0.1) is 5.92 Å². The van der Waals surface area contributed by atoms with Crippen molar-refractivity contribution in [2.24, 2.45) is 5.92 Å². The number of unbranched alkanes of at least 4 members (excludes halogenated alkanes) is 1. The topological polar surface area (TPSA) is 62.8 Å². The highest BCUT2D eigenvalue weighted by Crippen LogP contribution is 2.17. The molecule has 0 bridgehead atoms. The molecule has 6 nitrogen and oxygen atoms in total. The molecule has 2 N–H and O–H groups in total. The van der Waals surface area contributed by atoms with E-state index in [-0.39, 0.29) is 6.03 Å². The van der Waals surface area contributed by atoms with Crippen molar-refractivity contribution in [3.8, 4) is 5.75 Å². The van der Waals surface area contributed by atoms with Crippen LogP contribution in [0.3, 0.4) is 0 Å². The van der Waals surface area contributed by atoms with Crippen LogP contribution in [0.4, 0.5) is 10.5 Å². The van der Waals surface area contributed by atoms with Crippen LogP contribution in [-0.2, 0) is 4.74 Å². The largest absolute Gasteiger partial charge is 0.491 e. The first-order valence-electron chi connectivity index (χ1n) is 9.66. The molecule has 2 rings (SSSR count). The van der Waals surface area contributed by atoms with E-state index in [0.717, 1.165) is 36.7 Å². The molecule has 1 aliphatic heterocycles. The van der Waals surface area contributed by atoms with E-state index < -0.39 is 0 Å². The van der Waals surface area contributed by atoms with Crippen LogP contribution in [0.5, 0.6) is 5.75 Å². The van der Waals surface area contributed by atoms with Crippen molar-refractivity contribution in [2.45, 2.75) is 32.6 Å². The third-order valence-electron chi connectivity index (χ3n) is 4.58. The van der Waals surface area contributed by atoms with Gasteiger partial charge in [-0.25, -0.2) is 4.79 Å². The number of methoxy groups -OCH3 is 1. The number of carbonyl (C=O) groups excluding carboxylic acids is 1. The predicted octanol–water partition coefficient (Wildman–Crippen LogP) is 3.35. The minimum Gasteiger partial charge on any atom is -0.491 e. The second-order valence-electron chi connectivity index (χ2n) is 7.01. The maximum atomic E-state index is 12.0. The van der Waals surface area contributed by atoms with Crippen LogP contribution < -0.4 is 15.4 Å². The first-order valence-corrected chi connectivity index (χ1v) is 9.66. The minimum atomic E-state index is -0.175. The number of likely N-dealkylation sites (tertiary alicyclic amines) is 1. The summed E-state index contributed by atoms with van der Waals surface area (Å²) < 4.78 is 10.5. The van der Waals surface area contributed by atoms with Crippen molar-refractivity contribution < 1.29 is 14.3 Å². The Hall–Kier alpha value is -1.79. The van der Waals surface area contributed by atoms with Gasteiger partial charge >= 0.3 is 6.03 Å². The van der Waals surface area contributed by atoms with E-state index in [1.54, 1.807) is 7.11 Å². The normalized spacial score (nSPS) is 17.7. The number of anilines is 1. The highest BCUT2D eigenvalue weighted by atomic mass is 16.5. The molecule has 1 saturated heterocycles. The number of benzene rings is 1. The van der Waals surface area contributed by atoms with E-state index in [1.807, 2.05) is 24.3 Å². The van der Waals surface area contributed by atoms with Crippen LogP contribution >= 0.6 is 0 Å². The minimum absolute atomic E-state index is 0.175. The molecule has 1 aromatic carbocycles. The van der Waals surface area contributed by atoms with Gasteiger partial charge < -0.3 is 25.0 Å². The number of hydrogen-bond donors (Lipinski definition) is 2. The van der Waals surface area contributed by atoms with Gasteiger partial charge in [0.15, 0.2) is 0 Å². The third kappa shape index (κ3) is 8.06. The van der Waals surface area contributed by atoms with E-state index in [0.29, 0.717) is 19.8 Å². The van der Waals surface area contributed by atoms with Gasteiger partial charge in [-0.05, 0) is 56.8 Å². The third-order valence-corrected chi connectivity index (χ3v) is 4.58. The lowest BCUT2D eigenvalue weighted by Gasteiger charge is -2.30. The second-order valence-corrected chi connectivity index (χ2v) is 7.01. The average Bonchev–Trinajstić information content (AvgIpc) is 2.62. The zero-order valence-corrected chi connectivity index (χ0v) is 16.1. The van der Waals surface area contributed by atoms with Crippen LogP contribution in [0.15, 0.2) is 24.3 Å². The molecule has 0 aliphatic carbocycles. The van der Waals surface area contributed by atoms with Crippen LogP contribution in [0.1, 0.15) is 32.6 Å². The number of hydrogen-bond acceptors (Lipinski definition) is 4. The van der Waals surface area contributed by atoms with Gasteiger partial charge in [0.1, 0.15) is 12.4 Å². The molecule has 0 aromatic heterocycles. The molecule has 1 aliphatic rings. The Bertz CT molecular complexity index is 539. The molecule has 0 spiro atoms. The van der Waals surface area contributed by atoms with Gasteiger partial charge in [0.2, 0.25) is 0 Å². The zero-order chi connectivity index (χ0) is 18.6. The highest BCUT2D eigenvalue weighted by Gasteiger charge is 2.15. The smallest absolute Gasteiger partial charge is 0.319 e. The number of piperidine rings is 1. The molecule has 26 heavy (non-hydrogen) atoms. The summed E-state index contributed by atoms with van der Waals surface area (Å²) in [5.74, 6) is 1.54. The monoisotopic (exact) mass is 363 g/mol. The number of urea groups is 1. The number of rotatable bonds is 10. The Morgan fingerprint density at radius 1 is 1.31 bits per heavy atom. The van der Waals surface area contributed by atoms with E-state index in [2.05, 4.69) is 22.5 Å². The SMILES string of the molecule is COCCOc1cccc(NC(=O)NCCCCN2CCCC(C)C2)c1. The highest BCUT2D eigenvalue weighted by molar-refractivity contribution is 5.89. The number of amides is 2. The van der Waals surface area contributed by atoms with Gasteiger partial charge in [0.25, 0.3) is 0 Å². The van der Waals surface area contributed by atoms with Gasteiger partial charge in [-0.3, -0.25) is 0 Å². The maximum Gasteiger partial charge on any atom is 0.319 e. The number of nitrogens with zero attached hydrogens (tertiary/aromatic N) is 1. The molecule has 1 aromatic rings. The first kappa shape index (κ1) is 20.5. The molecule has 2 amide bonds. The van der Waals surface area contributed by atoms with Gasteiger partial charge in [-0.15, -0.1) is 0 Å². The van der Waals surface area contributed by atoms with Crippen molar-refractivity contribution in [1.29, 1.82) is 0 Å². The average molecular weight is 364 g/mol. The Balaban J connectivity index is 1.59. The van der Waals surface area contributed by atoms with Crippen molar-refractivity contribution in [3.05, 3.63) is 24.3 Å². The van der Waals surface area contributed by atoms with Crippen molar-refractivity contribution in [2.75, 3.05) is 51.8 Å². The molecule has 6 heteroatoms. The fraction of sp³-hybridized carbons (Fsp3) is 0.650. The summed E-state index contributed by atoms with van der Waals surface area (Å²) in [6.45, 7) is 7.62. The summed E-state index contributed by atoms with van der Waals surface area (Å²) in [5, 5.41) is 5.77. The summed E-state index contributed by atoms with van der Waals surface area (Å²) in [6.07, 6.45) is 4.79. The molecule has 1 unspecified atom stereocenters. The number of ether oxygens (including phenoxy) is 2. The summed E-state index contributed by atoms with van der Waals surface area (Å²) in [5.41, 5.74) is 0.722. The summed E-state index contributed by atoms with van der Waals surface area (Å²) >= 11 is 0. The molecular weight excluding hydrogens is 330 g/mol. The Kier molecular flexibility index (Phi) is 9.28. The molecule has 1 atom stereocenters. The first-order chi connectivity index (χ1) is 12.7. The van der Waals surface area contributed by atoms with Gasteiger partial charge in [-0.2, -0.15) is 0 Å². The summed E-state index contributed by atoms with van der Waals surface area (Å²) in [7, 11) is 1.64. The Labute approximate surface area is 157 Å². The number of carbonyl (C=O) groups is 1. The van der Waals surface area contributed by atoms with E-state index in [9.17, 15) is 4.79 Å². The summed E-state index contributed by atoms with van der Waals surface area (Å²) in [4.78, 5) is 14.5. The summed E-state index contributed by atoms with van der Waals surface area (Å²) in [6, 6.07) is 7.20. The predicted molar refractivity (Wildman–Crippen MR) is 105 cm³/mol. The van der Waals surface area contributed by atoms with Crippen LogP contribution in [-0.4, -0.2) is 57.4 Å². The molecule has 0 radical (unpaired) electrons. The number of nitrogens with one attached hydrogen (secondary N) is 2. The maximum absolute atomic E-state index is 12.0. The Morgan fingerprint density at radius 2 is 2.19 bits per heavy atom. The van der Waals surface area contributed by atoms with Crippen LogP contribution in [0.2, 0.25) is 0 Å². The molecule has 0 saturated carbocycles. The van der Waals surface area contributed by atoms with Gasteiger partial charge in [0.05, 0.1) is 6.61 Å². The zero-order valence-electron chi connectivity index (χ0n) is 16.1. The van der Waals surface area contributed by atoms with E-state index in [1.165, 1.54) is 25.9 Å². The lowest BCUT2D eigenvalue weighted by molar-refractivity contribution is 0.146. The standard InChI is InChI=1S/C20H33N3O3/c1-17-7-6-12-23(16-17)11-4-3-10-21-20(24)22-18-8-5-9-19(15-18)26-14-13-25-2/h5,8-9,15,17H,3-4,6-7,10-14,16H2,1-2H3,(H2,21,22,24). The molecule has 1 fully saturated rings. The van der Waals surface area contributed by atoms with Gasteiger partial charge in [-0.1, -0.05) is 13.0 Å². The van der Waals surface area contributed by atoms with E-state index >= 15 is 0 Å². The van der Waals surface area contributed by atoms with Crippen molar-refractivity contribution in [1.82, 2.24) is 10.2 Å². The second kappa shape index (κ2) is 11.8. The lowest BCUT2D eigenvalue weighted by Crippen LogP contribution is -2.35. The fourth-order valence-corrected chi connectivity index (χ4v) is 3.23. The van der Waals surface area contributed by atoms with Crippen LogP contribution in [0.25, 0.3) is 0 Å². The lowest BCUT2D eigenvalue weighted by atomic mass is 10.0. The molecule has 146 valence electrons. The Morgan fingerprint density at radius 3 is 3.00 bits per heavy atom. The van der Waals surface area contributed by atoms with Gasteiger partial charge in [0, 0.05) is 32.0 Å². The fourth-order valence-electron chi connectivity index (χ4n) is 3.23. The molecular formula is C20H33N3O3. The van der Waals surface area contributed by atoms with E-state index in [4.69, 9.17) is 9.47 Å². The van der Waals surface area contributed by atoms with Crippen molar-refractivity contribution in [3.63, 3.8) is 0 Å². The quantitative estimate of drug-likeness (QED) is 0.626. The van der Waals surface area contributed by atoms with Crippen molar-refractivity contribution >= 4 is 11.7 Å². The molecule has 1 heterocycles.